The predicted octanol–water partition coefficient (Wildman–Crippen LogP) is 2.12. The highest BCUT2D eigenvalue weighted by molar-refractivity contribution is 5.81. The van der Waals surface area contributed by atoms with Gasteiger partial charge >= 0.3 is 5.82 Å². The standard InChI is InChI=1S/C14H19N3O4/c1-9-7-8-12(13(15-9)17(19)20)21-10(2)14(18)16-11-5-3-4-6-11/h7-8,10-11H,3-6H2,1-2H3,(H,16,18). The summed E-state index contributed by atoms with van der Waals surface area (Å²) in [4.78, 5) is 26.2. The molecule has 1 unspecified atom stereocenters. The molecule has 0 bridgehead atoms. The van der Waals surface area contributed by atoms with Crippen LogP contribution in [-0.2, 0) is 4.79 Å². The number of hydrogen-bond acceptors (Lipinski definition) is 5. The summed E-state index contributed by atoms with van der Waals surface area (Å²) in [6.07, 6.45) is 3.39. The first-order valence-corrected chi connectivity index (χ1v) is 7.06. The minimum atomic E-state index is -0.797. The van der Waals surface area contributed by atoms with Crippen molar-refractivity contribution in [1.29, 1.82) is 0 Å². The SMILES string of the molecule is Cc1ccc(OC(C)C(=O)NC2CCCC2)c([N+](=O)[O-])n1. The van der Waals surface area contributed by atoms with E-state index in [1.807, 2.05) is 0 Å². The van der Waals surface area contributed by atoms with Gasteiger partial charge in [-0.1, -0.05) is 12.8 Å². The number of rotatable bonds is 5. The number of aryl methyl sites for hydroxylation is 1. The van der Waals surface area contributed by atoms with Crippen LogP contribution in [0.5, 0.6) is 5.75 Å². The number of carbonyl (C=O) groups is 1. The number of ether oxygens (including phenoxy) is 1. The summed E-state index contributed by atoms with van der Waals surface area (Å²) < 4.78 is 5.42. The van der Waals surface area contributed by atoms with Crippen LogP contribution in [-0.4, -0.2) is 28.0 Å². The fourth-order valence-corrected chi connectivity index (χ4v) is 2.39. The highest BCUT2D eigenvalue weighted by Crippen LogP contribution is 2.25. The Morgan fingerprint density at radius 2 is 2.14 bits per heavy atom. The van der Waals surface area contributed by atoms with Crippen molar-refractivity contribution in [3.05, 3.63) is 27.9 Å². The molecule has 0 radical (unpaired) electrons. The predicted molar refractivity (Wildman–Crippen MR) is 76.1 cm³/mol. The molecular formula is C14H19N3O4. The largest absolute Gasteiger partial charge is 0.473 e. The number of nitrogens with one attached hydrogen (secondary N) is 1. The Morgan fingerprint density at radius 1 is 1.48 bits per heavy atom. The summed E-state index contributed by atoms with van der Waals surface area (Å²) in [5.74, 6) is -0.605. The van der Waals surface area contributed by atoms with Crippen molar-refractivity contribution >= 4 is 11.7 Å². The molecule has 7 nitrogen and oxygen atoms in total. The molecule has 1 atom stereocenters. The summed E-state index contributed by atoms with van der Waals surface area (Å²) in [5.41, 5.74) is 0.525. The third-order valence-electron chi connectivity index (χ3n) is 3.53. The maximum atomic E-state index is 12.0. The maximum absolute atomic E-state index is 12.0. The zero-order valence-corrected chi connectivity index (χ0v) is 12.2. The van der Waals surface area contributed by atoms with E-state index in [-0.39, 0.29) is 23.5 Å². The molecule has 0 saturated heterocycles. The van der Waals surface area contributed by atoms with Gasteiger partial charge in [0.15, 0.2) is 6.10 Å². The van der Waals surface area contributed by atoms with Crippen LogP contribution in [0.4, 0.5) is 5.82 Å². The van der Waals surface area contributed by atoms with E-state index in [2.05, 4.69) is 10.3 Å². The average molecular weight is 293 g/mol. The molecule has 1 aliphatic carbocycles. The van der Waals surface area contributed by atoms with Crippen LogP contribution in [0.15, 0.2) is 12.1 Å². The van der Waals surface area contributed by atoms with Gasteiger partial charge in [-0.3, -0.25) is 4.79 Å². The molecule has 1 saturated carbocycles. The second-order valence-corrected chi connectivity index (χ2v) is 5.28. The summed E-state index contributed by atoms with van der Waals surface area (Å²) >= 11 is 0. The van der Waals surface area contributed by atoms with Gasteiger partial charge in [0.25, 0.3) is 5.91 Å². The van der Waals surface area contributed by atoms with E-state index >= 15 is 0 Å². The first-order valence-electron chi connectivity index (χ1n) is 7.06. The van der Waals surface area contributed by atoms with Gasteiger partial charge in [0.1, 0.15) is 5.69 Å². The minimum Gasteiger partial charge on any atom is -0.473 e. The number of amides is 1. The zero-order chi connectivity index (χ0) is 15.4. The Hall–Kier alpha value is -2.18. The molecule has 1 N–H and O–H groups in total. The van der Waals surface area contributed by atoms with Gasteiger partial charge in [0.05, 0.1) is 0 Å². The number of nitro groups is 1. The van der Waals surface area contributed by atoms with Crippen molar-refractivity contribution in [2.75, 3.05) is 0 Å². The van der Waals surface area contributed by atoms with Crippen LogP contribution in [0.25, 0.3) is 0 Å². The van der Waals surface area contributed by atoms with Gasteiger partial charge in [-0.2, -0.15) is 0 Å². The smallest absolute Gasteiger partial charge is 0.406 e. The lowest BCUT2D eigenvalue weighted by Gasteiger charge is -2.17. The first-order chi connectivity index (χ1) is 9.97. The summed E-state index contributed by atoms with van der Waals surface area (Å²) in [5, 5.41) is 13.9. The fourth-order valence-electron chi connectivity index (χ4n) is 2.39. The molecule has 0 spiro atoms. The molecule has 1 aromatic heterocycles. The summed E-state index contributed by atoms with van der Waals surface area (Å²) in [6, 6.07) is 3.28. The van der Waals surface area contributed by atoms with Crippen LogP contribution in [0, 0.1) is 17.0 Å². The quantitative estimate of drug-likeness (QED) is 0.663. The molecule has 1 fully saturated rings. The maximum Gasteiger partial charge on any atom is 0.406 e. The number of aromatic nitrogens is 1. The number of nitrogens with zero attached hydrogens (tertiary/aromatic N) is 2. The van der Waals surface area contributed by atoms with E-state index < -0.39 is 11.0 Å². The van der Waals surface area contributed by atoms with Gasteiger partial charge in [0.2, 0.25) is 5.75 Å². The zero-order valence-electron chi connectivity index (χ0n) is 12.2. The Kier molecular flexibility index (Phi) is 4.72. The lowest BCUT2D eigenvalue weighted by Crippen LogP contribution is -2.41. The Morgan fingerprint density at radius 3 is 2.76 bits per heavy atom. The first kappa shape index (κ1) is 15.2. The van der Waals surface area contributed by atoms with Gasteiger partial charge < -0.3 is 20.2 Å². The third kappa shape index (κ3) is 3.90. The lowest BCUT2D eigenvalue weighted by molar-refractivity contribution is -0.390. The summed E-state index contributed by atoms with van der Waals surface area (Å²) in [6.45, 7) is 3.24. The molecular weight excluding hydrogens is 274 g/mol. The van der Waals surface area contributed by atoms with E-state index in [0.29, 0.717) is 5.69 Å². The topological polar surface area (TPSA) is 94.4 Å². The van der Waals surface area contributed by atoms with E-state index in [4.69, 9.17) is 4.74 Å². The Bertz CT molecular complexity index is 541. The van der Waals surface area contributed by atoms with E-state index in [1.165, 1.54) is 6.07 Å². The Balaban J connectivity index is 2.03. The monoisotopic (exact) mass is 293 g/mol. The van der Waals surface area contributed by atoms with Crippen molar-refractivity contribution in [3.8, 4) is 5.75 Å². The molecule has 0 aliphatic heterocycles. The van der Waals surface area contributed by atoms with Gasteiger partial charge in [-0.25, -0.2) is 0 Å². The normalized spacial score (nSPS) is 16.5. The molecule has 1 aliphatic rings. The van der Waals surface area contributed by atoms with Crippen LogP contribution in [0.2, 0.25) is 0 Å². The van der Waals surface area contributed by atoms with Crippen molar-refractivity contribution in [3.63, 3.8) is 0 Å². The number of carbonyl (C=O) groups excluding carboxylic acids is 1. The summed E-state index contributed by atoms with van der Waals surface area (Å²) in [7, 11) is 0. The lowest BCUT2D eigenvalue weighted by atomic mass is 10.2. The molecule has 21 heavy (non-hydrogen) atoms. The van der Waals surface area contributed by atoms with Crippen LogP contribution in [0.1, 0.15) is 38.3 Å². The molecule has 0 aromatic carbocycles. The average Bonchev–Trinajstić information content (AvgIpc) is 2.93. The molecule has 1 amide bonds. The molecule has 7 heteroatoms. The van der Waals surface area contributed by atoms with E-state index in [1.54, 1.807) is 19.9 Å². The van der Waals surface area contributed by atoms with Gasteiger partial charge in [-0.15, -0.1) is 0 Å². The third-order valence-corrected chi connectivity index (χ3v) is 3.53. The second-order valence-electron chi connectivity index (χ2n) is 5.28. The molecule has 1 aromatic rings. The van der Waals surface area contributed by atoms with Crippen LogP contribution >= 0.6 is 0 Å². The fraction of sp³-hybridized carbons (Fsp3) is 0.571. The van der Waals surface area contributed by atoms with Gasteiger partial charge in [-0.05, 0) is 41.8 Å². The highest BCUT2D eigenvalue weighted by atomic mass is 16.6. The molecule has 114 valence electrons. The Labute approximate surface area is 122 Å². The molecule has 1 heterocycles. The minimum absolute atomic E-state index is 0.0136. The number of pyridine rings is 1. The van der Waals surface area contributed by atoms with Crippen molar-refractivity contribution in [1.82, 2.24) is 10.3 Å². The van der Waals surface area contributed by atoms with Crippen LogP contribution < -0.4 is 10.1 Å². The van der Waals surface area contributed by atoms with Crippen LogP contribution in [0.3, 0.4) is 0 Å². The second kappa shape index (κ2) is 6.51. The van der Waals surface area contributed by atoms with Crippen molar-refractivity contribution in [2.45, 2.75) is 51.7 Å². The molecule has 2 rings (SSSR count). The van der Waals surface area contributed by atoms with E-state index in [0.717, 1.165) is 25.7 Å². The van der Waals surface area contributed by atoms with Gasteiger partial charge in [0, 0.05) is 13.0 Å². The highest BCUT2D eigenvalue weighted by Gasteiger charge is 2.25. The van der Waals surface area contributed by atoms with E-state index in [9.17, 15) is 14.9 Å². The van der Waals surface area contributed by atoms with Crippen molar-refractivity contribution < 1.29 is 14.5 Å². The number of hydrogen-bond donors (Lipinski definition) is 1. The van der Waals surface area contributed by atoms with Crippen molar-refractivity contribution in [2.24, 2.45) is 0 Å².